The van der Waals surface area contributed by atoms with Crippen LogP contribution in [0.5, 0.6) is 0 Å². The van der Waals surface area contributed by atoms with Crippen molar-refractivity contribution in [3.8, 4) is 0 Å². The summed E-state index contributed by atoms with van der Waals surface area (Å²) in [5.41, 5.74) is 3.12. The zero-order valence-corrected chi connectivity index (χ0v) is 12.8. The van der Waals surface area contributed by atoms with Gasteiger partial charge in [-0.25, -0.2) is 0 Å². The highest BCUT2D eigenvalue weighted by Gasteiger charge is 2.23. The second-order valence-electron chi connectivity index (χ2n) is 5.62. The molecule has 1 aliphatic carbocycles. The lowest BCUT2D eigenvalue weighted by molar-refractivity contribution is 0.0994. The predicted octanol–water partition coefficient (Wildman–Crippen LogP) is 3.74. The lowest BCUT2D eigenvalue weighted by atomic mass is 10.0. The number of nitrogens with one attached hydrogen (secondary N) is 1. The van der Waals surface area contributed by atoms with Gasteiger partial charge in [-0.05, 0) is 36.1 Å². The number of fused-ring (bicyclic) bond motifs is 1. The van der Waals surface area contributed by atoms with Crippen LogP contribution >= 0.6 is 11.8 Å². The molecule has 1 aromatic carbocycles. The van der Waals surface area contributed by atoms with E-state index in [2.05, 4.69) is 25.2 Å². The number of carbonyl (C=O) groups excluding carboxylic acids is 1. The van der Waals surface area contributed by atoms with Gasteiger partial charge >= 0.3 is 0 Å². The quantitative estimate of drug-likeness (QED) is 0.921. The Balaban J connectivity index is 1.72. The molecule has 20 heavy (non-hydrogen) atoms. The summed E-state index contributed by atoms with van der Waals surface area (Å²) in [6.45, 7) is 4.48. The number of carbonyl (C=O) groups is 1. The number of thioether (sulfide) groups is 1. The van der Waals surface area contributed by atoms with E-state index in [9.17, 15) is 4.79 Å². The van der Waals surface area contributed by atoms with E-state index in [1.807, 2.05) is 12.1 Å². The third-order valence-corrected chi connectivity index (χ3v) is 5.24. The fourth-order valence-corrected chi connectivity index (χ4v) is 3.81. The molecule has 1 aromatic rings. The molecule has 0 saturated carbocycles. The smallest absolute Gasteiger partial charge is 0.163 e. The monoisotopic (exact) mass is 288 g/mol. The van der Waals surface area contributed by atoms with Gasteiger partial charge in [0, 0.05) is 23.4 Å². The van der Waals surface area contributed by atoms with E-state index < -0.39 is 0 Å². The van der Waals surface area contributed by atoms with Gasteiger partial charge in [0.15, 0.2) is 11.0 Å². The summed E-state index contributed by atoms with van der Waals surface area (Å²) >= 11 is 1.79. The summed E-state index contributed by atoms with van der Waals surface area (Å²) in [7, 11) is 0. The Morgan fingerprint density at radius 1 is 1.45 bits per heavy atom. The molecule has 0 bridgehead atoms. The van der Waals surface area contributed by atoms with Crippen molar-refractivity contribution in [2.75, 3.05) is 11.1 Å². The number of aryl methyl sites for hydroxylation is 1. The molecule has 2 atom stereocenters. The Morgan fingerprint density at radius 2 is 2.30 bits per heavy atom. The van der Waals surface area contributed by atoms with E-state index in [0.29, 0.717) is 18.4 Å². The number of benzene rings is 1. The summed E-state index contributed by atoms with van der Waals surface area (Å²) in [6.07, 6.45) is 2.70. The first-order valence-corrected chi connectivity index (χ1v) is 8.29. The number of hydrogen-bond donors (Lipinski definition) is 1. The third kappa shape index (κ3) is 2.62. The lowest BCUT2D eigenvalue weighted by Gasteiger charge is -2.12. The molecule has 1 unspecified atom stereocenters. The minimum Gasteiger partial charge on any atom is -0.335 e. The molecule has 4 heteroatoms. The summed E-state index contributed by atoms with van der Waals surface area (Å²) in [4.78, 5) is 16.4. The fourth-order valence-electron chi connectivity index (χ4n) is 2.68. The minimum absolute atomic E-state index is 0.274. The van der Waals surface area contributed by atoms with Crippen LogP contribution in [0.15, 0.2) is 23.2 Å². The Hall–Kier alpha value is -1.29. The number of nitrogens with zero attached hydrogens (tertiary/aromatic N) is 1. The Bertz CT molecular complexity index is 568. The van der Waals surface area contributed by atoms with Crippen molar-refractivity contribution in [2.45, 2.75) is 39.2 Å². The number of Topliss-reactive ketones (excluding diaryl/α,β-unsaturated/α-hetero) is 1. The summed E-state index contributed by atoms with van der Waals surface area (Å²) < 4.78 is 0. The average Bonchev–Trinajstić information content (AvgIpc) is 3.06. The van der Waals surface area contributed by atoms with Crippen LogP contribution in [0.25, 0.3) is 0 Å². The number of hydrogen-bond acceptors (Lipinski definition) is 4. The Kier molecular flexibility index (Phi) is 3.83. The first-order chi connectivity index (χ1) is 9.67. The van der Waals surface area contributed by atoms with Crippen LogP contribution in [0, 0.1) is 5.92 Å². The van der Waals surface area contributed by atoms with Gasteiger partial charge in [0.25, 0.3) is 0 Å². The molecule has 0 amide bonds. The normalized spacial score (nSPS) is 22.6. The van der Waals surface area contributed by atoms with Crippen LogP contribution in [0.1, 0.15) is 42.6 Å². The fraction of sp³-hybridized carbons (Fsp3) is 0.500. The van der Waals surface area contributed by atoms with Gasteiger partial charge in [0.2, 0.25) is 0 Å². The highest BCUT2D eigenvalue weighted by Crippen LogP contribution is 2.28. The van der Waals surface area contributed by atoms with Gasteiger partial charge < -0.3 is 5.32 Å². The first-order valence-electron chi connectivity index (χ1n) is 7.31. The molecule has 1 aliphatic heterocycles. The van der Waals surface area contributed by atoms with Gasteiger partial charge in [-0.1, -0.05) is 32.0 Å². The molecule has 0 spiro atoms. The van der Waals surface area contributed by atoms with Gasteiger partial charge in [0.05, 0.1) is 6.04 Å². The summed E-state index contributed by atoms with van der Waals surface area (Å²) in [5, 5.41) is 4.41. The molecule has 1 heterocycles. The Labute approximate surface area is 124 Å². The van der Waals surface area contributed by atoms with Crippen molar-refractivity contribution in [3.05, 3.63) is 29.3 Å². The second-order valence-corrected chi connectivity index (χ2v) is 6.63. The molecule has 3 rings (SSSR count). The van der Waals surface area contributed by atoms with Gasteiger partial charge in [-0.15, -0.1) is 0 Å². The van der Waals surface area contributed by atoms with E-state index in [1.165, 1.54) is 12.0 Å². The molecule has 106 valence electrons. The third-order valence-electron chi connectivity index (χ3n) is 4.25. The van der Waals surface area contributed by atoms with Crippen LogP contribution in [0.3, 0.4) is 0 Å². The molecular weight excluding hydrogens is 268 g/mol. The number of ketones is 1. The number of aliphatic imine (C=N–C) groups is 1. The molecular formula is C16H20N2OS. The number of rotatable bonds is 3. The number of anilines is 1. The van der Waals surface area contributed by atoms with E-state index >= 15 is 0 Å². The molecule has 0 saturated heterocycles. The largest absolute Gasteiger partial charge is 0.335 e. The van der Waals surface area contributed by atoms with E-state index in [1.54, 1.807) is 11.8 Å². The zero-order valence-electron chi connectivity index (χ0n) is 12.0. The predicted molar refractivity (Wildman–Crippen MR) is 85.9 cm³/mol. The average molecular weight is 288 g/mol. The van der Waals surface area contributed by atoms with Crippen molar-refractivity contribution >= 4 is 28.4 Å². The summed E-state index contributed by atoms with van der Waals surface area (Å²) in [5.74, 6) is 1.98. The van der Waals surface area contributed by atoms with Crippen LogP contribution in [-0.4, -0.2) is 22.7 Å². The second kappa shape index (κ2) is 5.60. The molecule has 3 nitrogen and oxygen atoms in total. The SMILES string of the molecule is CCC(C)[C@H]1CSC(Nc2ccc3c(c2)CCC3=O)=N1. The first kappa shape index (κ1) is 13.7. The van der Waals surface area contributed by atoms with Crippen LogP contribution in [-0.2, 0) is 6.42 Å². The molecule has 1 N–H and O–H groups in total. The topological polar surface area (TPSA) is 41.5 Å². The molecule has 0 aromatic heterocycles. The van der Waals surface area contributed by atoms with E-state index in [4.69, 9.17) is 4.99 Å². The standard InChI is InChI=1S/C16H20N2OS/c1-3-10(2)14-9-20-16(18-14)17-12-5-6-13-11(8-12)4-7-15(13)19/h5-6,8,10,14H,3-4,7,9H2,1-2H3,(H,17,18)/t10?,14-/m1/s1. The van der Waals surface area contributed by atoms with Crippen molar-refractivity contribution in [1.82, 2.24) is 0 Å². The van der Waals surface area contributed by atoms with Gasteiger partial charge in [0.1, 0.15) is 0 Å². The molecule has 0 fully saturated rings. The van der Waals surface area contributed by atoms with Gasteiger partial charge in [-0.2, -0.15) is 0 Å². The summed E-state index contributed by atoms with van der Waals surface area (Å²) in [6, 6.07) is 6.46. The maximum Gasteiger partial charge on any atom is 0.163 e. The number of amidine groups is 1. The Morgan fingerprint density at radius 3 is 3.10 bits per heavy atom. The maximum absolute atomic E-state index is 11.6. The highest BCUT2D eigenvalue weighted by molar-refractivity contribution is 8.14. The van der Waals surface area contributed by atoms with Crippen molar-refractivity contribution < 1.29 is 4.79 Å². The van der Waals surface area contributed by atoms with Crippen molar-refractivity contribution in [3.63, 3.8) is 0 Å². The highest BCUT2D eigenvalue weighted by atomic mass is 32.2. The van der Waals surface area contributed by atoms with Crippen LogP contribution in [0.4, 0.5) is 5.69 Å². The molecule has 2 aliphatic rings. The van der Waals surface area contributed by atoms with Crippen molar-refractivity contribution in [1.29, 1.82) is 0 Å². The minimum atomic E-state index is 0.274. The van der Waals surface area contributed by atoms with E-state index in [0.717, 1.165) is 28.6 Å². The zero-order chi connectivity index (χ0) is 14.1. The lowest BCUT2D eigenvalue weighted by Crippen LogP contribution is -2.14. The molecule has 0 radical (unpaired) electrons. The maximum atomic E-state index is 11.6. The van der Waals surface area contributed by atoms with Crippen LogP contribution < -0.4 is 5.32 Å². The van der Waals surface area contributed by atoms with Gasteiger partial charge in [-0.3, -0.25) is 9.79 Å². The van der Waals surface area contributed by atoms with E-state index in [-0.39, 0.29) is 5.78 Å². The van der Waals surface area contributed by atoms with Crippen LogP contribution in [0.2, 0.25) is 0 Å². The van der Waals surface area contributed by atoms with Crippen molar-refractivity contribution in [2.24, 2.45) is 10.9 Å².